The number of rotatable bonds is 4. The van der Waals surface area contributed by atoms with Gasteiger partial charge in [0.05, 0.1) is 6.61 Å². The van der Waals surface area contributed by atoms with Crippen molar-refractivity contribution >= 4 is 5.69 Å². The van der Waals surface area contributed by atoms with Crippen LogP contribution in [0.5, 0.6) is 0 Å². The van der Waals surface area contributed by atoms with Crippen molar-refractivity contribution in [3.63, 3.8) is 0 Å². The predicted molar refractivity (Wildman–Crippen MR) is 56.3 cm³/mol. The van der Waals surface area contributed by atoms with Crippen LogP contribution in [0.1, 0.15) is 11.1 Å². The Hall–Kier alpha value is -1.02. The molecule has 0 saturated heterocycles. The third kappa shape index (κ3) is 3.07. The van der Waals surface area contributed by atoms with E-state index in [0.717, 1.165) is 13.2 Å². The molecule has 0 fully saturated rings. The second kappa shape index (κ2) is 4.87. The zero-order valence-corrected chi connectivity index (χ0v) is 8.55. The number of anilines is 1. The number of benzene rings is 1. The SMILES string of the molecule is COCCNc1ccc(C)c(C)c1. The van der Waals surface area contributed by atoms with E-state index in [1.807, 2.05) is 0 Å². The highest BCUT2D eigenvalue weighted by atomic mass is 16.5. The van der Waals surface area contributed by atoms with Gasteiger partial charge in [-0.3, -0.25) is 0 Å². The van der Waals surface area contributed by atoms with Crippen LogP contribution in [0.15, 0.2) is 18.2 Å². The van der Waals surface area contributed by atoms with Gasteiger partial charge in [0, 0.05) is 19.3 Å². The van der Waals surface area contributed by atoms with Gasteiger partial charge in [0.25, 0.3) is 0 Å². The minimum absolute atomic E-state index is 0.743. The molecular weight excluding hydrogens is 162 g/mol. The standard InChI is InChI=1S/C11H17NO/c1-9-4-5-11(8-10(9)2)12-6-7-13-3/h4-5,8,12H,6-7H2,1-3H3. The molecular formula is C11H17NO. The molecule has 0 amide bonds. The number of methoxy groups -OCH3 is 1. The molecule has 0 spiro atoms. The quantitative estimate of drug-likeness (QED) is 0.716. The summed E-state index contributed by atoms with van der Waals surface area (Å²) in [6, 6.07) is 6.38. The molecule has 0 saturated carbocycles. The second-order valence-electron chi connectivity index (χ2n) is 3.22. The Labute approximate surface area is 79.9 Å². The largest absolute Gasteiger partial charge is 0.383 e. The number of hydrogen-bond donors (Lipinski definition) is 1. The third-order valence-corrected chi connectivity index (χ3v) is 2.14. The maximum absolute atomic E-state index is 4.96. The number of ether oxygens (including phenoxy) is 1. The van der Waals surface area contributed by atoms with Gasteiger partial charge >= 0.3 is 0 Å². The first-order chi connectivity index (χ1) is 6.24. The molecule has 2 nitrogen and oxygen atoms in total. The van der Waals surface area contributed by atoms with Gasteiger partial charge in [-0.05, 0) is 37.1 Å². The Morgan fingerprint density at radius 2 is 2.00 bits per heavy atom. The van der Waals surface area contributed by atoms with Gasteiger partial charge in [0.15, 0.2) is 0 Å². The predicted octanol–water partition coefficient (Wildman–Crippen LogP) is 2.36. The Bertz CT molecular complexity index is 271. The molecule has 1 aromatic carbocycles. The summed E-state index contributed by atoms with van der Waals surface area (Å²) in [5, 5.41) is 3.29. The zero-order chi connectivity index (χ0) is 9.68. The van der Waals surface area contributed by atoms with E-state index in [1.165, 1.54) is 16.8 Å². The van der Waals surface area contributed by atoms with Gasteiger partial charge in [-0.25, -0.2) is 0 Å². The third-order valence-electron chi connectivity index (χ3n) is 2.14. The fourth-order valence-corrected chi connectivity index (χ4v) is 1.15. The Morgan fingerprint density at radius 3 is 2.62 bits per heavy atom. The van der Waals surface area contributed by atoms with E-state index in [0.29, 0.717) is 0 Å². The first-order valence-corrected chi connectivity index (χ1v) is 4.54. The average molecular weight is 179 g/mol. The zero-order valence-electron chi connectivity index (χ0n) is 8.55. The minimum atomic E-state index is 0.743. The summed E-state index contributed by atoms with van der Waals surface area (Å²) in [6.07, 6.45) is 0. The van der Waals surface area contributed by atoms with Crippen molar-refractivity contribution in [3.8, 4) is 0 Å². The maximum atomic E-state index is 4.96. The molecule has 0 aliphatic heterocycles. The highest BCUT2D eigenvalue weighted by Crippen LogP contribution is 2.13. The monoisotopic (exact) mass is 179 g/mol. The summed E-state index contributed by atoms with van der Waals surface area (Å²) in [4.78, 5) is 0. The van der Waals surface area contributed by atoms with E-state index in [9.17, 15) is 0 Å². The van der Waals surface area contributed by atoms with Crippen LogP contribution in [0.4, 0.5) is 5.69 Å². The maximum Gasteiger partial charge on any atom is 0.0635 e. The van der Waals surface area contributed by atoms with E-state index in [-0.39, 0.29) is 0 Å². The summed E-state index contributed by atoms with van der Waals surface area (Å²) in [6.45, 7) is 5.84. The smallest absolute Gasteiger partial charge is 0.0635 e. The van der Waals surface area contributed by atoms with Gasteiger partial charge in [0.2, 0.25) is 0 Å². The second-order valence-corrected chi connectivity index (χ2v) is 3.22. The van der Waals surface area contributed by atoms with Crippen LogP contribution in [0, 0.1) is 13.8 Å². The Morgan fingerprint density at radius 1 is 1.23 bits per heavy atom. The van der Waals surface area contributed by atoms with E-state index >= 15 is 0 Å². The summed E-state index contributed by atoms with van der Waals surface area (Å²) in [7, 11) is 1.71. The van der Waals surface area contributed by atoms with Crippen molar-refractivity contribution in [2.24, 2.45) is 0 Å². The lowest BCUT2D eigenvalue weighted by molar-refractivity contribution is 0.211. The van der Waals surface area contributed by atoms with Crippen LogP contribution in [0.3, 0.4) is 0 Å². The topological polar surface area (TPSA) is 21.3 Å². The molecule has 0 atom stereocenters. The summed E-state index contributed by atoms with van der Waals surface area (Å²) >= 11 is 0. The van der Waals surface area contributed by atoms with Crippen molar-refractivity contribution in [1.29, 1.82) is 0 Å². The van der Waals surface area contributed by atoms with E-state index in [2.05, 4.69) is 37.4 Å². The molecule has 0 aliphatic rings. The molecule has 0 unspecified atom stereocenters. The highest BCUT2D eigenvalue weighted by Gasteiger charge is 1.94. The molecule has 2 heteroatoms. The Kier molecular flexibility index (Phi) is 3.77. The van der Waals surface area contributed by atoms with Crippen LogP contribution < -0.4 is 5.32 Å². The van der Waals surface area contributed by atoms with Crippen LogP contribution in [-0.2, 0) is 4.74 Å². The molecule has 0 heterocycles. The van der Waals surface area contributed by atoms with Crippen LogP contribution >= 0.6 is 0 Å². The van der Waals surface area contributed by atoms with Crippen molar-refractivity contribution in [1.82, 2.24) is 0 Å². The molecule has 0 bridgehead atoms. The van der Waals surface area contributed by atoms with E-state index < -0.39 is 0 Å². The molecule has 1 rings (SSSR count). The lowest BCUT2D eigenvalue weighted by Crippen LogP contribution is -2.07. The molecule has 72 valence electrons. The summed E-state index contributed by atoms with van der Waals surface area (Å²) in [5.74, 6) is 0. The van der Waals surface area contributed by atoms with Crippen molar-refractivity contribution in [2.75, 3.05) is 25.6 Å². The number of hydrogen-bond acceptors (Lipinski definition) is 2. The van der Waals surface area contributed by atoms with Gasteiger partial charge in [-0.2, -0.15) is 0 Å². The number of nitrogens with one attached hydrogen (secondary N) is 1. The normalized spacial score (nSPS) is 10.1. The molecule has 1 aromatic rings. The molecule has 0 radical (unpaired) electrons. The van der Waals surface area contributed by atoms with Gasteiger partial charge in [-0.1, -0.05) is 6.07 Å². The number of aryl methyl sites for hydroxylation is 2. The van der Waals surface area contributed by atoms with E-state index in [4.69, 9.17) is 4.74 Å². The van der Waals surface area contributed by atoms with Crippen molar-refractivity contribution in [3.05, 3.63) is 29.3 Å². The first kappa shape index (κ1) is 10.1. The Balaban J connectivity index is 2.53. The first-order valence-electron chi connectivity index (χ1n) is 4.54. The van der Waals surface area contributed by atoms with Gasteiger partial charge < -0.3 is 10.1 Å². The lowest BCUT2D eigenvalue weighted by atomic mass is 10.1. The minimum Gasteiger partial charge on any atom is -0.383 e. The molecule has 0 aromatic heterocycles. The molecule has 0 aliphatic carbocycles. The van der Waals surface area contributed by atoms with Crippen molar-refractivity contribution in [2.45, 2.75) is 13.8 Å². The molecule has 1 N–H and O–H groups in total. The van der Waals surface area contributed by atoms with Crippen LogP contribution in [0.25, 0.3) is 0 Å². The van der Waals surface area contributed by atoms with E-state index in [1.54, 1.807) is 7.11 Å². The lowest BCUT2D eigenvalue weighted by Gasteiger charge is -2.07. The molecule has 13 heavy (non-hydrogen) atoms. The van der Waals surface area contributed by atoms with Gasteiger partial charge in [0.1, 0.15) is 0 Å². The average Bonchev–Trinajstić information content (AvgIpc) is 2.12. The van der Waals surface area contributed by atoms with Crippen LogP contribution in [-0.4, -0.2) is 20.3 Å². The van der Waals surface area contributed by atoms with Gasteiger partial charge in [-0.15, -0.1) is 0 Å². The van der Waals surface area contributed by atoms with Crippen molar-refractivity contribution < 1.29 is 4.74 Å². The summed E-state index contributed by atoms with van der Waals surface area (Å²) < 4.78 is 4.96. The summed E-state index contributed by atoms with van der Waals surface area (Å²) in [5.41, 5.74) is 3.82. The fraction of sp³-hybridized carbons (Fsp3) is 0.455. The fourth-order valence-electron chi connectivity index (χ4n) is 1.15. The van der Waals surface area contributed by atoms with Crippen LogP contribution in [0.2, 0.25) is 0 Å². The highest BCUT2D eigenvalue weighted by molar-refractivity contribution is 5.47.